The number of H-pyrrole nitrogens is 1. The molecule has 2 aliphatic heterocycles. The number of fused-ring (bicyclic) bond motifs is 1. The molecule has 1 amide bonds. The number of carbonyl (C=O) groups excluding carboxylic acids is 1. The highest BCUT2D eigenvalue weighted by Gasteiger charge is 2.59. The third kappa shape index (κ3) is 2.79. The minimum Gasteiger partial charge on any atom is -0.440 e. The number of carbonyl (C=O) groups is 1. The molecule has 136 valence electrons. The third-order valence-corrected chi connectivity index (χ3v) is 5.98. The molecule has 2 aliphatic rings. The van der Waals surface area contributed by atoms with Crippen molar-refractivity contribution in [3.8, 4) is 0 Å². The van der Waals surface area contributed by atoms with Crippen molar-refractivity contribution in [3.05, 3.63) is 36.0 Å². The fourth-order valence-corrected chi connectivity index (χ4v) is 4.31. The molecule has 0 bridgehead atoms. The summed E-state index contributed by atoms with van der Waals surface area (Å²) in [4.78, 5) is 17.8. The zero-order valence-corrected chi connectivity index (χ0v) is 15.6. The van der Waals surface area contributed by atoms with Gasteiger partial charge in [0.15, 0.2) is 0 Å². The molecule has 2 saturated heterocycles. The van der Waals surface area contributed by atoms with Crippen LogP contribution in [0, 0.1) is 0 Å². The summed E-state index contributed by atoms with van der Waals surface area (Å²) in [5.74, 6) is 0. The molecule has 2 aromatic rings. The highest BCUT2D eigenvalue weighted by atomic mass is 35.5. The van der Waals surface area contributed by atoms with Crippen molar-refractivity contribution in [3.63, 3.8) is 0 Å². The Hall–Kier alpha value is -1.72. The zero-order valence-electron chi connectivity index (χ0n) is 14.8. The van der Waals surface area contributed by atoms with Gasteiger partial charge in [-0.3, -0.25) is 4.90 Å². The van der Waals surface area contributed by atoms with Crippen molar-refractivity contribution < 1.29 is 9.53 Å². The summed E-state index contributed by atoms with van der Waals surface area (Å²) in [7, 11) is 0. The van der Waals surface area contributed by atoms with Gasteiger partial charge in [-0.25, -0.2) is 4.79 Å². The van der Waals surface area contributed by atoms with Crippen LogP contribution in [0.25, 0.3) is 10.9 Å². The number of para-hydroxylation sites is 1. The van der Waals surface area contributed by atoms with Crippen LogP contribution in [0.4, 0.5) is 4.79 Å². The molecule has 5 nitrogen and oxygen atoms in total. The second-order valence-corrected chi connectivity index (χ2v) is 7.43. The van der Waals surface area contributed by atoms with Gasteiger partial charge >= 0.3 is 6.09 Å². The van der Waals surface area contributed by atoms with Crippen molar-refractivity contribution in [2.24, 2.45) is 0 Å². The SMILES string of the molecule is CC1(C)N(CCc2c[nH]c3ccccc23)C(=O)OC12CCNCC2.Cl. The van der Waals surface area contributed by atoms with E-state index in [0.29, 0.717) is 6.54 Å². The van der Waals surface area contributed by atoms with E-state index in [1.165, 1.54) is 10.9 Å². The molecule has 4 rings (SSSR count). The Morgan fingerprint density at radius 3 is 2.68 bits per heavy atom. The summed E-state index contributed by atoms with van der Waals surface area (Å²) in [5, 5.41) is 4.60. The second-order valence-electron chi connectivity index (χ2n) is 7.43. The Bertz CT molecular complexity index is 765. The summed E-state index contributed by atoms with van der Waals surface area (Å²) in [6.45, 7) is 6.81. The van der Waals surface area contributed by atoms with E-state index in [-0.39, 0.29) is 29.6 Å². The third-order valence-electron chi connectivity index (χ3n) is 5.98. The van der Waals surface area contributed by atoms with Gasteiger partial charge in [0.2, 0.25) is 0 Å². The van der Waals surface area contributed by atoms with Crippen LogP contribution in [0.1, 0.15) is 32.3 Å². The molecule has 25 heavy (non-hydrogen) atoms. The van der Waals surface area contributed by atoms with Gasteiger partial charge in [-0.1, -0.05) is 18.2 Å². The molecule has 0 atom stereocenters. The number of hydrogen-bond acceptors (Lipinski definition) is 3. The lowest BCUT2D eigenvalue weighted by molar-refractivity contribution is -0.0248. The first-order chi connectivity index (χ1) is 11.5. The van der Waals surface area contributed by atoms with Gasteiger partial charge < -0.3 is 15.0 Å². The predicted octanol–water partition coefficient (Wildman–Crippen LogP) is 3.49. The van der Waals surface area contributed by atoms with E-state index in [4.69, 9.17) is 4.74 Å². The normalized spacial score (nSPS) is 21.4. The van der Waals surface area contributed by atoms with Crippen molar-refractivity contribution in [1.29, 1.82) is 0 Å². The Kier molecular flexibility index (Phi) is 4.73. The quantitative estimate of drug-likeness (QED) is 0.877. The molecule has 0 saturated carbocycles. The van der Waals surface area contributed by atoms with Gasteiger partial charge in [-0.2, -0.15) is 0 Å². The van der Waals surface area contributed by atoms with Crippen LogP contribution in [-0.2, 0) is 11.2 Å². The largest absolute Gasteiger partial charge is 0.440 e. The minimum absolute atomic E-state index is 0. The van der Waals surface area contributed by atoms with Crippen LogP contribution in [-0.4, -0.2) is 46.8 Å². The van der Waals surface area contributed by atoms with Gasteiger partial charge in [0.05, 0.1) is 5.54 Å². The molecule has 2 N–H and O–H groups in total. The number of nitrogens with zero attached hydrogens (tertiary/aromatic N) is 1. The van der Waals surface area contributed by atoms with Crippen LogP contribution >= 0.6 is 12.4 Å². The highest BCUT2D eigenvalue weighted by Crippen LogP contribution is 2.44. The fraction of sp³-hybridized carbons (Fsp3) is 0.526. The van der Waals surface area contributed by atoms with Crippen molar-refractivity contribution >= 4 is 29.4 Å². The summed E-state index contributed by atoms with van der Waals surface area (Å²) >= 11 is 0. The highest BCUT2D eigenvalue weighted by molar-refractivity contribution is 5.85. The van der Waals surface area contributed by atoms with Crippen LogP contribution in [0.15, 0.2) is 30.5 Å². The maximum absolute atomic E-state index is 12.6. The van der Waals surface area contributed by atoms with Crippen LogP contribution in [0.2, 0.25) is 0 Å². The number of aromatic amines is 1. The smallest absolute Gasteiger partial charge is 0.411 e. The fourth-order valence-electron chi connectivity index (χ4n) is 4.31. The topological polar surface area (TPSA) is 57.4 Å². The number of halogens is 1. The predicted molar refractivity (Wildman–Crippen MR) is 101 cm³/mol. The number of nitrogens with one attached hydrogen (secondary N) is 2. The Morgan fingerprint density at radius 2 is 1.92 bits per heavy atom. The Labute approximate surface area is 154 Å². The van der Waals surface area contributed by atoms with E-state index < -0.39 is 0 Å². The van der Waals surface area contributed by atoms with Crippen LogP contribution in [0.5, 0.6) is 0 Å². The number of benzene rings is 1. The number of ether oxygens (including phenoxy) is 1. The van der Waals surface area contributed by atoms with Crippen molar-refractivity contribution in [1.82, 2.24) is 15.2 Å². The molecular formula is C19H26ClN3O2. The van der Waals surface area contributed by atoms with E-state index in [0.717, 1.165) is 37.9 Å². The van der Waals surface area contributed by atoms with Crippen molar-refractivity contribution in [2.45, 2.75) is 44.2 Å². The lowest BCUT2D eigenvalue weighted by Crippen LogP contribution is -2.58. The van der Waals surface area contributed by atoms with E-state index in [1.807, 2.05) is 11.0 Å². The zero-order chi connectivity index (χ0) is 16.8. The average Bonchev–Trinajstić information content (AvgIpc) is 3.05. The van der Waals surface area contributed by atoms with E-state index in [2.05, 4.69) is 48.5 Å². The molecule has 0 unspecified atom stereocenters. The van der Waals surface area contributed by atoms with Crippen molar-refractivity contribution in [2.75, 3.05) is 19.6 Å². The summed E-state index contributed by atoms with van der Waals surface area (Å²) in [6.07, 6.45) is 4.49. The van der Waals surface area contributed by atoms with E-state index >= 15 is 0 Å². The average molecular weight is 364 g/mol. The van der Waals surface area contributed by atoms with Gasteiger partial charge in [0, 0.05) is 36.5 Å². The lowest BCUT2D eigenvalue weighted by Gasteiger charge is -2.44. The molecule has 1 spiro atoms. The Balaban J connectivity index is 0.00000182. The number of piperidine rings is 1. The standard InChI is InChI=1S/C19H25N3O2.ClH/c1-18(2)19(8-10-20-11-9-19)24-17(23)22(18)12-7-14-13-21-16-6-4-3-5-15(14)16;/h3-6,13,20-21H,7-12H2,1-2H3;1H. The van der Waals surface area contributed by atoms with Gasteiger partial charge in [0.1, 0.15) is 5.60 Å². The summed E-state index contributed by atoms with van der Waals surface area (Å²) in [5.41, 5.74) is 1.76. The minimum atomic E-state index is -0.352. The molecule has 0 aliphatic carbocycles. The molecule has 6 heteroatoms. The molecule has 1 aromatic carbocycles. The first-order valence-electron chi connectivity index (χ1n) is 8.80. The van der Waals surface area contributed by atoms with Crippen LogP contribution in [0.3, 0.4) is 0 Å². The van der Waals surface area contributed by atoms with E-state index in [9.17, 15) is 4.79 Å². The van der Waals surface area contributed by atoms with Crippen LogP contribution < -0.4 is 5.32 Å². The summed E-state index contributed by atoms with van der Waals surface area (Å²) in [6, 6.07) is 8.29. The summed E-state index contributed by atoms with van der Waals surface area (Å²) < 4.78 is 5.91. The number of aromatic nitrogens is 1. The molecule has 0 radical (unpaired) electrons. The first kappa shape index (κ1) is 18.1. The van der Waals surface area contributed by atoms with Gasteiger partial charge in [-0.15, -0.1) is 12.4 Å². The second kappa shape index (κ2) is 6.54. The van der Waals surface area contributed by atoms with Gasteiger partial charge in [-0.05, 0) is 45.0 Å². The monoisotopic (exact) mass is 363 g/mol. The molecular weight excluding hydrogens is 338 g/mol. The maximum atomic E-state index is 12.6. The maximum Gasteiger partial charge on any atom is 0.411 e. The van der Waals surface area contributed by atoms with Gasteiger partial charge in [0.25, 0.3) is 0 Å². The number of rotatable bonds is 3. The number of amides is 1. The Morgan fingerprint density at radius 1 is 1.20 bits per heavy atom. The first-order valence-corrected chi connectivity index (χ1v) is 8.80. The number of hydrogen-bond donors (Lipinski definition) is 2. The van der Waals surface area contributed by atoms with E-state index in [1.54, 1.807) is 0 Å². The lowest BCUT2D eigenvalue weighted by atomic mass is 9.76. The molecule has 3 heterocycles. The molecule has 1 aromatic heterocycles. The molecule has 2 fully saturated rings.